The molecule has 0 atom stereocenters. The molecule has 0 bridgehead atoms. The SMILES string of the molecule is CN1C=CC=C(OCOC(=O)N(C)CCCN2c3ccccc3CCc3ccccc32)C1=C=O. The highest BCUT2D eigenvalue weighted by Gasteiger charge is 2.21. The van der Waals surface area contributed by atoms with E-state index in [-0.39, 0.29) is 12.5 Å². The number of likely N-dealkylation sites (N-methyl/N-ethyl adjacent to an activating group) is 1. The molecule has 34 heavy (non-hydrogen) atoms. The number of benzene rings is 2. The summed E-state index contributed by atoms with van der Waals surface area (Å²) in [5.74, 6) is 2.15. The van der Waals surface area contributed by atoms with Gasteiger partial charge in [-0.05, 0) is 54.7 Å². The Morgan fingerprint density at radius 2 is 1.71 bits per heavy atom. The number of allylic oxidation sites excluding steroid dienone is 2. The van der Waals surface area contributed by atoms with Gasteiger partial charge in [-0.1, -0.05) is 36.4 Å². The molecule has 0 saturated carbocycles. The second-order valence-corrected chi connectivity index (χ2v) is 8.29. The number of rotatable bonds is 7. The van der Waals surface area contributed by atoms with E-state index in [4.69, 9.17) is 9.47 Å². The zero-order chi connectivity index (χ0) is 23.9. The maximum atomic E-state index is 12.4. The summed E-state index contributed by atoms with van der Waals surface area (Å²) >= 11 is 0. The van der Waals surface area contributed by atoms with Crippen LogP contribution in [0, 0.1) is 0 Å². The van der Waals surface area contributed by atoms with Gasteiger partial charge in [0.1, 0.15) is 0 Å². The van der Waals surface area contributed by atoms with Gasteiger partial charge < -0.3 is 24.2 Å². The predicted octanol–water partition coefficient (Wildman–Crippen LogP) is 4.41. The van der Waals surface area contributed by atoms with Crippen molar-refractivity contribution < 1.29 is 19.1 Å². The van der Waals surface area contributed by atoms with Crippen molar-refractivity contribution in [2.45, 2.75) is 19.3 Å². The third-order valence-electron chi connectivity index (χ3n) is 6.05. The molecule has 0 unspecified atom stereocenters. The van der Waals surface area contributed by atoms with Crippen LogP contribution in [-0.2, 0) is 27.1 Å². The number of carbonyl (C=O) groups excluding carboxylic acids is 2. The van der Waals surface area contributed by atoms with E-state index in [0.29, 0.717) is 12.3 Å². The number of amides is 1. The molecule has 2 aromatic carbocycles. The second kappa shape index (κ2) is 10.8. The van der Waals surface area contributed by atoms with Gasteiger partial charge in [-0.2, -0.15) is 0 Å². The van der Waals surface area contributed by atoms with Crippen molar-refractivity contribution in [3.63, 3.8) is 0 Å². The Kier molecular flexibility index (Phi) is 7.35. The highest BCUT2D eigenvalue weighted by atomic mass is 16.7. The lowest BCUT2D eigenvalue weighted by molar-refractivity contribution is 0.00573. The molecule has 0 aromatic heterocycles. The summed E-state index contributed by atoms with van der Waals surface area (Å²) in [5, 5.41) is 0. The van der Waals surface area contributed by atoms with E-state index in [0.717, 1.165) is 25.8 Å². The molecule has 0 N–H and O–H groups in total. The second-order valence-electron chi connectivity index (χ2n) is 8.29. The highest BCUT2D eigenvalue weighted by Crippen LogP contribution is 2.35. The van der Waals surface area contributed by atoms with Crippen molar-refractivity contribution in [1.29, 1.82) is 0 Å². The summed E-state index contributed by atoms with van der Waals surface area (Å²) in [6.07, 6.45) is 7.41. The van der Waals surface area contributed by atoms with Crippen LogP contribution >= 0.6 is 0 Å². The Labute approximate surface area is 200 Å². The molecule has 0 radical (unpaired) electrons. The van der Waals surface area contributed by atoms with E-state index in [2.05, 4.69) is 53.4 Å². The molecule has 2 heterocycles. The summed E-state index contributed by atoms with van der Waals surface area (Å²) in [4.78, 5) is 29.0. The van der Waals surface area contributed by atoms with Crippen LogP contribution in [0.3, 0.4) is 0 Å². The van der Waals surface area contributed by atoms with Crippen molar-refractivity contribution in [3.05, 3.63) is 89.5 Å². The summed E-state index contributed by atoms with van der Waals surface area (Å²) in [6, 6.07) is 17.0. The van der Waals surface area contributed by atoms with Crippen LogP contribution in [0.4, 0.5) is 16.2 Å². The molecule has 0 saturated heterocycles. The van der Waals surface area contributed by atoms with Crippen molar-refractivity contribution in [1.82, 2.24) is 9.80 Å². The lowest BCUT2D eigenvalue weighted by Crippen LogP contribution is -2.31. The minimum absolute atomic E-state index is 0.255. The third kappa shape index (κ3) is 5.16. The van der Waals surface area contributed by atoms with Gasteiger partial charge in [0, 0.05) is 44.8 Å². The highest BCUT2D eigenvalue weighted by molar-refractivity contribution is 5.71. The van der Waals surface area contributed by atoms with Crippen LogP contribution in [0.1, 0.15) is 17.5 Å². The number of fused-ring (bicyclic) bond motifs is 2. The molecule has 2 aromatic rings. The summed E-state index contributed by atoms with van der Waals surface area (Å²) in [6.45, 7) is 1.03. The number of para-hydroxylation sites is 2. The normalized spacial score (nSPS) is 14.4. The number of nitrogens with zero attached hydrogens (tertiary/aromatic N) is 3. The molecule has 0 aliphatic carbocycles. The summed E-state index contributed by atoms with van der Waals surface area (Å²) in [7, 11) is 3.42. The number of carbonyl (C=O) groups is 1. The Morgan fingerprint density at radius 3 is 2.35 bits per heavy atom. The predicted molar refractivity (Wildman–Crippen MR) is 131 cm³/mol. The Balaban J connectivity index is 1.31. The number of hydrogen-bond acceptors (Lipinski definition) is 6. The molecule has 2 aliphatic heterocycles. The van der Waals surface area contributed by atoms with Gasteiger partial charge in [-0.25, -0.2) is 9.59 Å². The molecule has 7 heteroatoms. The lowest BCUT2D eigenvalue weighted by Gasteiger charge is -2.28. The molecule has 4 rings (SSSR count). The van der Waals surface area contributed by atoms with Crippen LogP contribution in [-0.4, -0.2) is 55.8 Å². The molecular formula is C27H29N3O4. The number of hydrogen-bond donors (Lipinski definition) is 0. The number of ether oxygens (including phenoxy) is 2. The lowest BCUT2D eigenvalue weighted by atomic mass is 10.0. The fourth-order valence-electron chi connectivity index (χ4n) is 4.25. The first-order valence-electron chi connectivity index (χ1n) is 11.4. The first-order chi connectivity index (χ1) is 16.6. The van der Waals surface area contributed by atoms with Crippen molar-refractivity contribution in [2.75, 3.05) is 38.9 Å². The maximum Gasteiger partial charge on any atom is 0.412 e. The van der Waals surface area contributed by atoms with E-state index < -0.39 is 6.09 Å². The quantitative estimate of drug-likeness (QED) is 0.451. The largest absolute Gasteiger partial charge is 0.454 e. The topological polar surface area (TPSA) is 62.3 Å². The Hall–Kier alpha value is -3.96. The fraction of sp³-hybridized carbons (Fsp3) is 0.296. The van der Waals surface area contributed by atoms with E-state index in [1.807, 2.05) is 5.94 Å². The van der Waals surface area contributed by atoms with Crippen LogP contribution in [0.25, 0.3) is 0 Å². The zero-order valence-corrected chi connectivity index (χ0v) is 19.6. The van der Waals surface area contributed by atoms with Crippen LogP contribution in [0.5, 0.6) is 0 Å². The van der Waals surface area contributed by atoms with E-state index >= 15 is 0 Å². The van der Waals surface area contributed by atoms with Gasteiger partial charge in [-0.3, -0.25) is 0 Å². The molecule has 1 amide bonds. The number of aryl methyl sites for hydroxylation is 2. The molecule has 2 aliphatic rings. The van der Waals surface area contributed by atoms with E-state index in [1.165, 1.54) is 27.4 Å². The van der Waals surface area contributed by atoms with Crippen molar-refractivity contribution >= 4 is 23.4 Å². The van der Waals surface area contributed by atoms with Crippen LogP contribution in [0.15, 0.2) is 78.3 Å². The molecule has 7 nitrogen and oxygen atoms in total. The van der Waals surface area contributed by atoms with Crippen molar-refractivity contribution in [2.24, 2.45) is 0 Å². The molecular weight excluding hydrogens is 430 g/mol. The Morgan fingerprint density at radius 1 is 1.06 bits per heavy atom. The number of anilines is 2. The standard InChI is InChI=1S/C27H29N3O4/c1-28-16-7-13-26(25(28)19-31)33-20-34-27(32)29(2)17-8-18-30-23-11-5-3-9-21(23)14-15-22-10-4-6-12-24(22)30/h3-7,9-13,16H,8,14-15,17-18,20H2,1-2H3. The van der Waals surface area contributed by atoms with Gasteiger partial charge in [0.2, 0.25) is 6.79 Å². The average molecular weight is 460 g/mol. The molecule has 0 spiro atoms. The van der Waals surface area contributed by atoms with E-state index in [9.17, 15) is 9.59 Å². The average Bonchev–Trinajstić information content (AvgIpc) is 3.01. The van der Waals surface area contributed by atoms with Gasteiger partial charge in [0.25, 0.3) is 0 Å². The molecule has 0 fully saturated rings. The maximum absolute atomic E-state index is 12.4. The first-order valence-corrected chi connectivity index (χ1v) is 11.4. The molecule has 176 valence electrons. The van der Waals surface area contributed by atoms with Gasteiger partial charge in [0.05, 0.1) is 0 Å². The van der Waals surface area contributed by atoms with Gasteiger partial charge in [-0.15, -0.1) is 0 Å². The van der Waals surface area contributed by atoms with Crippen LogP contribution < -0.4 is 4.90 Å². The zero-order valence-electron chi connectivity index (χ0n) is 19.6. The van der Waals surface area contributed by atoms with Crippen molar-refractivity contribution in [3.8, 4) is 0 Å². The fourth-order valence-corrected chi connectivity index (χ4v) is 4.25. The smallest absolute Gasteiger partial charge is 0.412 e. The third-order valence-corrected chi connectivity index (χ3v) is 6.05. The summed E-state index contributed by atoms with van der Waals surface area (Å²) < 4.78 is 10.7. The monoisotopic (exact) mass is 459 g/mol. The van der Waals surface area contributed by atoms with Gasteiger partial charge >= 0.3 is 6.09 Å². The van der Waals surface area contributed by atoms with Crippen LogP contribution in [0.2, 0.25) is 0 Å². The minimum Gasteiger partial charge on any atom is -0.454 e. The van der Waals surface area contributed by atoms with Gasteiger partial charge in [0.15, 0.2) is 17.4 Å². The minimum atomic E-state index is -0.478. The summed E-state index contributed by atoms with van der Waals surface area (Å²) in [5.41, 5.74) is 5.38. The van der Waals surface area contributed by atoms with E-state index in [1.54, 1.807) is 37.3 Å². The Bertz CT molecular complexity index is 1100. The first kappa shape index (κ1) is 23.2.